The Kier molecular flexibility index (Phi) is 7.57. The number of carbonyl (C=O) groups excluding carboxylic acids is 2. The van der Waals surface area contributed by atoms with Crippen LogP contribution in [-0.2, 0) is 4.79 Å². The molecule has 10 heteroatoms. The molecule has 1 aliphatic heterocycles. The lowest BCUT2D eigenvalue weighted by Crippen LogP contribution is -2.44. The third-order valence-electron chi connectivity index (χ3n) is 5.57. The summed E-state index contributed by atoms with van der Waals surface area (Å²) < 4.78 is 5.22. The van der Waals surface area contributed by atoms with E-state index in [9.17, 15) is 14.7 Å². The molecule has 9 nitrogen and oxygen atoms in total. The molecule has 0 bridgehead atoms. The fraction of sp³-hybridized carbons (Fsp3) is 0.200. The summed E-state index contributed by atoms with van der Waals surface area (Å²) in [6, 6.07) is 21.0. The summed E-state index contributed by atoms with van der Waals surface area (Å²) in [6.45, 7) is 0.368. The Hall–Kier alpha value is -3.98. The fourth-order valence-corrected chi connectivity index (χ4v) is 5.05. The predicted octanol–water partition coefficient (Wildman–Crippen LogP) is 4.61. The normalized spacial score (nSPS) is 17.1. The molecule has 0 radical (unpaired) electrons. The van der Waals surface area contributed by atoms with Gasteiger partial charge in [-0.2, -0.15) is 0 Å². The highest BCUT2D eigenvalue weighted by Crippen LogP contribution is 2.45. The van der Waals surface area contributed by atoms with Crippen LogP contribution in [0.3, 0.4) is 0 Å². The Labute approximate surface area is 206 Å². The number of aliphatic hydroxyl groups is 1. The van der Waals surface area contributed by atoms with Crippen LogP contribution in [0.25, 0.3) is 10.4 Å². The second-order valence-corrected chi connectivity index (χ2v) is 8.89. The molecule has 3 aromatic rings. The van der Waals surface area contributed by atoms with E-state index in [1.807, 2.05) is 36.4 Å². The minimum Gasteiger partial charge on any atom is -0.497 e. The minimum atomic E-state index is -1.27. The highest BCUT2D eigenvalue weighted by molar-refractivity contribution is 7.99. The third-order valence-corrected chi connectivity index (χ3v) is 6.95. The van der Waals surface area contributed by atoms with Crippen molar-refractivity contribution in [3.8, 4) is 5.75 Å². The Bertz CT molecular complexity index is 1260. The van der Waals surface area contributed by atoms with E-state index in [0.717, 1.165) is 10.5 Å². The van der Waals surface area contributed by atoms with Crippen LogP contribution in [0.15, 0.2) is 82.8 Å². The van der Waals surface area contributed by atoms with Crippen molar-refractivity contribution >= 4 is 35.0 Å². The second kappa shape index (κ2) is 11.0. The molecule has 0 spiro atoms. The van der Waals surface area contributed by atoms with E-state index >= 15 is 0 Å². The van der Waals surface area contributed by atoms with Crippen molar-refractivity contribution in [1.82, 2.24) is 5.32 Å². The number of hydrogen-bond acceptors (Lipinski definition) is 6. The molecule has 35 heavy (non-hydrogen) atoms. The average Bonchev–Trinajstić information content (AvgIpc) is 2.99. The molecule has 1 aliphatic rings. The number of carbonyl (C=O) groups is 2. The number of azide groups is 1. The van der Waals surface area contributed by atoms with E-state index in [2.05, 4.69) is 15.3 Å². The van der Waals surface area contributed by atoms with Crippen LogP contribution in [0.4, 0.5) is 11.4 Å². The maximum atomic E-state index is 13.3. The standard InChI is InChI=1S/C25H23N5O4S/c1-34-19-12-8-16(9-13-19)23-22(31)25(33)30(20-4-2-3-5-21(20)35-23)15-14-27-24(32)17-6-10-18(11-7-17)28-29-26/h2-13,22-23,31H,14-15H2,1H3,(H,27,32). The summed E-state index contributed by atoms with van der Waals surface area (Å²) in [5.74, 6) is -0.0614. The number of para-hydroxylation sites is 1. The molecule has 0 aromatic heterocycles. The van der Waals surface area contributed by atoms with Crippen molar-refractivity contribution in [1.29, 1.82) is 0 Å². The number of nitrogens with one attached hydrogen (secondary N) is 1. The smallest absolute Gasteiger partial charge is 0.257 e. The van der Waals surface area contributed by atoms with Gasteiger partial charge < -0.3 is 20.1 Å². The zero-order valence-electron chi connectivity index (χ0n) is 18.9. The van der Waals surface area contributed by atoms with Gasteiger partial charge in [-0.1, -0.05) is 41.5 Å². The van der Waals surface area contributed by atoms with Gasteiger partial charge in [0.1, 0.15) is 11.9 Å². The van der Waals surface area contributed by atoms with Crippen molar-refractivity contribution in [2.24, 2.45) is 5.11 Å². The summed E-state index contributed by atoms with van der Waals surface area (Å²) in [4.78, 5) is 31.0. The minimum absolute atomic E-state index is 0.182. The number of thioether (sulfide) groups is 1. The molecule has 2 unspecified atom stereocenters. The Morgan fingerprint density at radius 2 is 1.86 bits per heavy atom. The van der Waals surface area contributed by atoms with Crippen molar-refractivity contribution in [3.63, 3.8) is 0 Å². The number of fused-ring (bicyclic) bond motifs is 1. The first kappa shape index (κ1) is 24.2. The zero-order valence-corrected chi connectivity index (χ0v) is 19.7. The molecular weight excluding hydrogens is 466 g/mol. The van der Waals surface area contributed by atoms with Crippen LogP contribution in [0.2, 0.25) is 0 Å². The van der Waals surface area contributed by atoms with E-state index in [0.29, 0.717) is 22.7 Å². The quantitative estimate of drug-likeness (QED) is 0.285. The molecule has 2 N–H and O–H groups in total. The van der Waals surface area contributed by atoms with E-state index < -0.39 is 17.3 Å². The first-order valence-corrected chi connectivity index (χ1v) is 11.7. The van der Waals surface area contributed by atoms with Gasteiger partial charge in [0.2, 0.25) is 0 Å². The molecular formula is C25H23N5O4S. The van der Waals surface area contributed by atoms with E-state index in [1.54, 1.807) is 43.5 Å². The maximum absolute atomic E-state index is 13.3. The van der Waals surface area contributed by atoms with Gasteiger partial charge in [0, 0.05) is 34.1 Å². The van der Waals surface area contributed by atoms with Gasteiger partial charge in [-0.05, 0) is 47.5 Å². The van der Waals surface area contributed by atoms with Crippen LogP contribution < -0.4 is 15.0 Å². The van der Waals surface area contributed by atoms with Gasteiger partial charge in [0.05, 0.1) is 18.0 Å². The molecule has 2 atom stereocenters. The Morgan fingerprint density at radius 1 is 1.14 bits per heavy atom. The number of benzene rings is 3. The van der Waals surface area contributed by atoms with Gasteiger partial charge in [0.25, 0.3) is 11.8 Å². The van der Waals surface area contributed by atoms with E-state index in [1.165, 1.54) is 16.7 Å². The summed E-state index contributed by atoms with van der Waals surface area (Å²) in [7, 11) is 1.58. The lowest BCUT2D eigenvalue weighted by Gasteiger charge is -2.25. The summed E-state index contributed by atoms with van der Waals surface area (Å²) >= 11 is 1.43. The number of anilines is 1. The van der Waals surface area contributed by atoms with Crippen molar-refractivity contribution in [3.05, 3.63) is 94.4 Å². The molecule has 3 aromatic carbocycles. The van der Waals surface area contributed by atoms with Gasteiger partial charge in [0.15, 0.2) is 0 Å². The largest absolute Gasteiger partial charge is 0.497 e. The fourth-order valence-electron chi connectivity index (χ4n) is 3.78. The van der Waals surface area contributed by atoms with Crippen molar-refractivity contribution < 1.29 is 19.4 Å². The Morgan fingerprint density at radius 3 is 2.54 bits per heavy atom. The highest BCUT2D eigenvalue weighted by Gasteiger charge is 2.37. The molecule has 4 rings (SSSR count). The third kappa shape index (κ3) is 5.41. The number of methoxy groups -OCH3 is 1. The summed E-state index contributed by atoms with van der Waals surface area (Å²) in [6.07, 6.45) is -1.27. The number of ether oxygens (including phenoxy) is 1. The highest BCUT2D eigenvalue weighted by atomic mass is 32.2. The lowest BCUT2D eigenvalue weighted by molar-refractivity contribution is -0.126. The maximum Gasteiger partial charge on any atom is 0.257 e. The molecule has 2 amide bonds. The van der Waals surface area contributed by atoms with E-state index in [4.69, 9.17) is 10.3 Å². The van der Waals surface area contributed by atoms with Gasteiger partial charge in [-0.15, -0.1) is 11.8 Å². The van der Waals surface area contributed by atoms with Gasteiger partial charge in [-0.25, -0.2) is 0 Å². The first-order valence-electron chi connectivity index (χ1n) is 10.8. The van der Waals surface area contributed by atoms with Crippen LogP contribution in [0.5, 0.6) is 5.75 Å². The monoisotopic (exact) mass is 489 g/mol. The number of rotatable bonds is 7. The zero-order chi connectivity index (χ0) is 24.8. The SMILES string of the molecule is COc1ccc(C2Sc3ccccc3N(CCNC(=O)c3ccc(N=[N+]=[N-])cc3)C(=O)C2O)cc1. The summed E-state index contributed by atoms with van der Waals surface area (Å²) in [5.41, 5.74) is 10.8. The first-order chi connectivity index (χ1) is 17.0. The Balaban J connectivity index is 1.50. The number of nitrogens with zero attached hydrogens (tertiary/aromatic N) is 4. The lowest BCUT2D eigenvalue weighted by atomic mass is 10.1. The predicted molar refractivity (Wildman–Crippen MR) is 134 cm³/mol. The molecule has 1 heterocycles. The van der Waals surface area contributed by atoms with Crippen molar-refractivity contribution in [2.45, 2.75) is 16.2 Å². The number of amides is 2. The van der Waals surface area contributed by atoms with Crippen LogP contribution in [-0.4, -0.2) is 43.2 Å². The molecule has 0 saturated heterocycles. The molecule has 178 valence electrons. The van der Waals surface area contributed by atoms with Crippen LogP contribution in [0, 0.1) is 0 Å². The number of aliphatic hydroxyl groups excluding tert-OH is 1. The number of hydrogen-bond donors (Lipinski definition) is 2. The molecule has 0 fully saturated rings. The van der Waals surface area contributed by atoms with E-state index in [-0.39, 0.29) is 19.0 Å². The van der Waals surface area contributed by atoms with Crippen LogP contribution >= 0.6 is 11.8 Å². The average molecular weight is 490 g/mol. The van der Waals surface area contributed by atoms with Gasteiger partial charge in [-0.3, -0.25) is 9.59 Å². The van der Waals surface area contributed by atoms with Crippen LogP contribution in [0.1, 0.15) is 21.2 Å². The van der Waals surface area contributed by atoms with Gasteiger partial charge >= 0.3 is 0 Å². The summed E-state index contributed by atoms with van der Waals surface area (Å²) in [5, 5.41) is 16.8. The topological polar surface area (TPSA) is 128 Å². The molecule has 0 saturated carbocycles. The second-order valence-electron chi connectivity index (χ2n) is 7.71. The molecule has 0 aliphatic carbocycles. The van der Waals surface area contributed by atoms with Crippen molar-refractivity contribution in [2.75, 3.05) is 25.1 Å².